The van der Waals surface area contributed by atoms with Gasteiger partial charge >= 0.3 is 0 Å². The largest absolute Gasteiger partial charge is 0.493 e. The van der Waals surface area contributed by atoms with Crippen LogP contribution in [0.25, 0.3) is 22.2 Å². The molecule has 0 spiro atoms. The first kappa shape index (κ1) is 24.8. The minimum Gasteiger partial charge on any atom is -0.493 e. The van der Waals surface area contributed by atoms with Crippen molar-refractivity contribution in [3.05, 3.63) is 77.9 Å². The van der Waals surface area contributed by atoms with Crippen molar-refractivity contribution in [2.24, 2.45) is 0 Å². The summed E-state index contributed by atoms with van der Waals surface area (Å²) < 4.78 is 32.3. The van der Waals surface area contributed by atoms with Crippen LogP contribution in [0.5, 0.6) is 11.5 Å². The zero-order chi connectivity index (χ0) is 25.8. The molecule has 5 rings (SSSR count). The summed E-state index contributed by atoms with van der Waals surface area (Å²) in [6, 6.07) is 19.9. The van der Waals surface area contributed by atoms with Crippen molar-refractivity contribution in [2.75, 3.05) is 13.2 Å². The molecular formula is C28H25FN2O5S. The third kappa shape index (κ3) is 5.17. The number of halogens is 1. The van der Waals surface area contributed by atoms with Gasteiger partial charge in [-0.15, -0.1) is 0 Å². The van der Waals surface area contributed by atoms with Crippen molar-refractivity contribution in [2.45, 2.75) is 31.2 Å². The van der Waals surface area contributed by atoms with Crippen molar-refractivity contribution < 1.29 is 28.0 Å². The van der Waals surface area contributed by atoms with Crippen LogP contribution in [0.2, 0.25) is 0 Å². The van der Waals surface area contributed by atoms with Gasteiger partial charge < -0.3 is 14.0 Å². The lowest BCUT2D eigenvalue weighted by Gasteiger charge is -2.15. The predicted octanol–water partition coefficient (Wildman–Crippen LogP) is 6.40. The fraction of sp³-hybridized carbons (Fsp3) is 0.250. The number of benzene rings is 3. The number of carbonyl (C=O) groups is 2. The van der Waals surface area contributed by atoms with Crippen LogP contribution < -0.4 is 14.8 Å². The van der Waals surface area contributed by atoms with E-state index in [1.807, 2.05) is 41.7 Å². The van der Waals surface area contributed by atoms with Crippen molar-refractivity contribution in [3.8, 4) is 22.8 Å². The lowest BCUT2D eigenvalue weighted by molar-refractivity contribution is -0.126. The van der Waals surface area contributed by atoms with E-state index in [4.69, 9.17) is 14.0 Å². The summed E-state index contributed by atoms with van der Waals surface area (Å²) in [5, 5.41) is 3.99. The first-order valence-electron chi connectivity index (χ1n) is 12.0. The predicted molar refractivity (Wildman–Crippen MR) is 139 cm³/mol. The highest BCUT2D eigenvalue weighted by molar-refractivity contribution is 8.15. The molecule has 1 saturated heterocycles. The normalized spacial score (nSPS) is 17.2. The van der Waals surface area contributed by atoms with Gasteiger partial charge in [-0.25, -0.2) is 4.39 Å². The van der Waals surface area contributed by atoms with Gasteiger partial charge in [0.05, 0.1) is 13.2 Å². The Morgan fingerprint density at radius 2 is 1.81 bits per heavy atom. The number of rotatable bonds is 10. The first-order valence-corrected chi connectivity index (χ1v) is 12.9. The van der Waals surface area contributed by atoms with E-state index in [2.05, 4.69) is 18.1 Å². The highest BCUT2D eigenvalue weighted by atomic mass is 32.2. The number of nitrogens with one attached hydrogen (secondary N) is 1. The molecule has 0 bridgehead atoms. The van der Waals surface area contributed by atoms with E-state index in [9.17, 15) is 14.0 Å². The zero-order valence-electron chi connectivity index (χ0n) is 20.2. The van der Waals surface area contributed by atoms with Gasteiger partial charge in [0, 0.05) is 22.9 Å². The van der Waals surface area contributed by atoms with E-state index in [1.54, 1.807) is 12.1 Å². The van der Waals surface area contributed by atoms with E-state index >= 15 is 0 Å². The van der Waals surface area contributed by atoms with Crippen LogP contribution in [0.15, 0.2) is 71.3 Å². The molecule has 4 aromatic rings. The van der Waals surface area contributed by atoms with Crippen molar-refractivity contribution in [1.29, 1.82) is 0 Å². The monoisotopic (exact) mass is 520 g/mol. The summed E-state index contributed by atoms with van der Waals surface area (Å²) in [7, 11) is 0. The quantitative estimate of drug-likeness (QED) is 0.242. The molecule has 0 saturated carbocycles. The Hall–Kier alpha value is -3.85. The van der Waals surface area contributed by atoms with Crippen LogP contribution in [0.4, 0.5) is 9.18 Å². The smallest absolute Gasteiger partial charge is 0.289 e. The highest BCUT2D eigenvalue weighted by Crippen LogP contribution is 2.43. The van der Waals surface area contributed by atoms with E-state index in [-0.39, 0.29) is 5.56 Å². The van der Waals surface area contributed by atoms with Crippen LogP contribution in [0.3, 0.4) is 0 Å². The number of thioether (sulfide) groups is 1. The maximum atomic E-state index is 14.9. The summed E-state index contributed by atoms with van der Waals surface area (Å²) >= 11 is 0.330. The van der Waals surface area contributed by atoms with Crippen molar-refractivity contribution >= 4 is 33.8 Å². The van der Waals surface area contributed by atoms with Crippen molar-refractivity contribution in [1.82, 2.24) is 10.5 Å². The number of nitrogens with zero attached hydrogens (tertiary/aromatic N) is 1. The SMILES string of the molecule is CCCc1cc(-c2onc3ccccc23)ccc1OCCCOc1ccc(C2(F)SC(=O)NC2=O)cc1. The molecule has 1 N–H and O–H groups in total. The molecule has 190 valence electrons. The Bertz CT molecular complexity index is 1440. The number of hydrogen-bond donors (Lipinski definition) is 1. The van der Waals surface area contributed by atoms with Gasteiger partial charge in [-0.1, -0.05) is 42.8 Å². The fourth-order valence-electron chi connectivity index (χ4n) is 4.18. The third-order valence-electron chi connectivity index (χ3n) is 6.01. The minimum absolute atomic E-state index is 0.0989. The second-order valence-corrected chi connectivity index (χ2v) is 9.75. The molecule has 1 aromatic heterocycles. The van der Waals surface area contributed by atoms with Gasteiger partial charge in [-0.2, -0.15) is 0 Å². The van der Waals surface area contributed by atoms with E-state index < -0.39 is 16.1 Å². The van der Waals surface area contributed by atoms with Crippen LogP contribution in [0.1, 0.15) is 30.9 Å². The molecule has 1 aliphatic heterocycles. The Morgan fingerprint density at radius 3 is 2.57 bits per heavy atom. The maximum Gasteiger partial charge on any atom is 0.289 e. The van der Waals surface area contributed by atoms with Gasteiger partial charge in [-0.05, 0) is 66.2 Å². The van der Waals surface area contributed by atoms with E-state index in [1.165, 1.54) is 12.1 Å². The van der Waals surface area contributed by atoms with Crippen LogP contribution in [-0.2, 0) is 16.2 Å². The highest BCUT2D eigenvalue weighted by Gasteiger charge is 2.50. The summed E-state index contributed by atoms with van der Waals surface area (Å²) in [6.07, 6.45) is 2.49. The molecule has 9 heteroatoms. The lowest BCUT2D eigenvalue weighted by Crippen LogP contribution is -2.30. The Balaban J connectivity index is 1.16. The molecule has 1 fully saturated rings. The van der Waals surface area contributed by atoms with E-state index in [0.29, 0.717) is 37.1 Å². The Labute approximate surface area is 217 Å². The summed E-state index contributed by atoms with van der Waals surface area (Å²) in [5.74, 6) is 1.15. The summed E-state index contributed by atoms with van der Waals surface area (Å²) in [5.41, 5.74) is 2.99. The molecule has 0 radical (unpaired) electrons. The second kappa shape index (κ2) is 10.6. The molecule has 37 heavy (non-hydrogen) atoms. The molecule has 2 heterocycles. The number of aromatic nitrogens is 1. The number of alkyl halides is 1. The molecule has 2 amide bonds. The molecule has 3 aromatic carbocycles. The molecular weight excluding hydrogens is 495 g/mol. The number of fused-ring (bicyclic) bond motifs is 1. The molecule has 7 nitrogen and oxygen atoms in total. The average Bonchev–Trinajstić information content (AvgIpc) is 3.45. The van der Waals surface area contributed by atoms with Gasteiger partial charge in [-0.3, -0.25) is 14.9 Å². The molecule has 0 aliphatic carbocycles. The van der Waals surface area contributed by atoms with Gasteiger partial charge in [0.25, 0.3) is 16.1 Å². The van der Waals surface area contributed by atoms with Crippen LogP contribution >= 0.6 is 11.8 Å². The lowest BCUT2D eigenvalue weighted by atomic mass is 10.0. The van der Waals surface area contributed by atoms with Crippen LogP contribution in [0, 0.1) is 0 Å². The van der Waals surface area contributed by atoms with E-state index in [0.717, 1.165) is 46.4 Å². The van der Waals surface area contributed by atoms with Gasteiger partial charge in [0.1, 0.15) is 17.0 Å². The first-order chi connectivity index (χ1) is 18.0. The van der Waals surface area contributed by atoms with Gasteiger partial charge in [0.2, 0.25) is 0 Å². The number of carbonyl (C=O) groups excluding carboxylic acids is 2. The maximum absolute atomic E-state index is 14.9. The molecule has 1 unspecified atom stereocenters. The number of aryl methyl sites for hydroxylation is 1. The zero-order valence-corrected chi connectivity index (χ0v) is 21.0. The third-order valence-corrected chi connectivity index (χ3v) is 7.00. The number of amides is 2. The standard InChI is InChI=1S/C28H25FN2O5S/c1-2-6-18-17-19(25-22-7-3-4-8-23(22)31-36-25)9-14-24(18)35-16-5-15-34-21-12-10-20(11-13-21)28(29)26(32)30-27(33)37-28/h3-4,7-14,17H,2,5-6,15-16H2,1H3,(H,30,32,33). The fourth-order valence-corrected chi connectivity index (χ4v) is 4.98. The number of hydrogen-bond acceptors (Lipinski definition) is 7. The minimum atomic E-state index is -2.41. The van der Waals surface area contributed by atoms with Crippen molar-refractivity contribution in [3.63, 3.8) is 0 Å². The second-order valence-electron chi connectivity index (χ2n) is 8.62. The summed E-state index contributed by atoms with van der Waals surface area (Å²) in [6.45, 7) is 2.99. The van der Waals surface area contributed by atoms with Gasteiger partial charge in [0.15, 0.2) is 5.76 Å². The van der Waals surface area contributed by atoms with Crippen LogP contribution in [-0.4, -0.2) is 29.5 Å². The summed E-state index contributed by atoms with van der Waals surface area (Å²) in [4.78, 5) is 23.1. The molecule has 1 aliphatic rings. The average molecular weight is 521 g/mol. The topological polar surface area (TPSA) is 90.7 Å². The molecule has 1 atom stereocenters. The Morgan fingerprint density at radius 1 is 1.03 bits per heavy atom. The number of ether oxygens (including phenoxy) is 2. The Kier molecular flexibility index (Phi) is 7.14. The number of imide groups is 1.